The van der Waals surface area contributed by atoms with Crippen LogP contribution in [-0.2, 0) is 11.3 Å². The second-order valence-corrected chi connectivity index (χ2v) is 7.29. The summed E-state index contributed by atoms with van der Waals surface area (Å²) in [4.78, 5) is 28.9. The van der Waals surface area contributed by atoms with Crippen LogP contribution >= 0.6 is 11.6 Å². The summed E-state index contributed by atoms with van der Waals surface area (Å²) < 4.78 is 2.16. The number of fused-ring (bicyclic) bond motifs is 1. The summed E-state index contributed by atoms with van der Waals surface area (Å²) >= 11 is 6.48. The molecule has 0 saturated heterocycles. The van der Waals surface area contributed by atoms with E-state index in [-0.39, 0.29) is 24.5 Å². The van der Waals surface area contributed by atoms with E-state index in [4.69, 9.17) is 11.6 Å². The van der Waals surface area contributed by atoms with Crippen LogP contribution in [-0.4, -0.2) is 52.5 Å². The van der Waals surface area contributed by atoms with Gasteiger partial charge in [0.1, 0.15) is 6.54 Å². The highest BCUT2D eigenvalue weighted by molar-refractivity contribution is 6.31. The summed E-state index contributed by atoms with van der Waals surface area (Å²) in [6.07, 6.45) is 2.88. The molecule has 7 heteroatoms. The fraction of sp³-hybridized carbons (Fsp3) is 0.429. The maximum Gasteiger partial charge on any atom is 0.317 e. The standard InChI is InChI=1S/C21H27ClN4O2/c1-3-11-23-21(28)24(4-2)15-19(27)26-14-13-25-12-7-10-18(25)20(26)16-8-5-6-9-17(16)22/h5-10,12,20H,3-4,11,13-15H2,1-2H3,(H,23,28)/t20-/m1/s1. The molecule has 2 aromatic rings. The van der Waals surface area contributed by atoms with Crippen molar-refractivity contribution in [1.29, 1.82) is 0 Å². The smallest absolute Gasteiger partial charge is 0.317 e. The molecule has 150 valence electrons. The summed E-state index contributed by atoms with van der Waals surface area (Å²) in [7, 11) is 0. The number of benzene rings is 1. The van der Waals surface area contributed by atoms with Gasteiger partial charge in [-0.15, -0.1) is 0 Å². The van der Waals surface area contributed by atoms with Crippen LogP contribution < -0.4 is 5.32 Å². The van der Waals surface area contributed by atoms with Gasteiger partial charge >= 0.3 is 6.03 Å². The number of carbonyl (C=O) groups is 2. The number of hydrogen-bond acceptors (Lipinski definition) is 2. The van der Waals surface area contributed by atoms with Gasteiger partial charge in [-0.1, -0.05) is 36.7 Å². The Morgan fingerprint density at radius 3 is 2.68 bits per heavy atom. The maximum atomic E-state index is 13.2. The first-order chi connectivity index (χ1) is 13.6. The minimum absolute atomic E-state index is 0.0493. The van der Waals surface area contributed by atoms with Gasteiger partial charge < -0.3 is 19.7 Å². The van der Waals surface area contributed by atoms with E-state index in [0.717, 1.165) is 24.2 Å². The van der Waals surface area contributed by atoms with E-state index >= 15 is 0 Å². The molecule has 0 saturated carbocycles. The second kappa shape index (κ2) is 9.15. The molecule has 0 unspecified atom stereocenters. The van der Waals surface area contributed by atoms with Gasteiger partial charge in [-0.05, 0) is 37.1 Å². The van der Waals surface area contributed by atoms with Gasteiger partial charge in [0.25, 0.3) is 0 Å². The number of hydrogen-bond donors (Lipinski definition) is 1. The lowest BCUT2D eigenvalue weighted by atomic mass is 9.99. The van der Waals surface area contributed by atoms with Crippen LogP contribution in [0.4, 0.5) is 4.79 Å². The molecular weight excluding hydrogens is 376 g/mol. The Hall–Kier alpha value is -2.47. The van der Waals surface area contributed by atoms with Crippen molar-refractivity contribution in [2.75, 3.05) is 26.2 Å². The first-order valence-electron chi connectivity index (χ1n) is 9.78. The van der Waals surface area contributed by atoms with E-state index in [0.29, 0.717) is 24.7 Å². The number of likely N-dealkylation sites (N-methyl/N-ethyl adjacent to an activating group) is 1. The number of amides is 3. The van der Waals surface area contributed by atoms with Crippen LogP contribution in [0.25, 0.3) is 0 Å². The van der Waals surface area contributed by atoms with Crippen molar-refractivity contribution in [3.8, 4) is 0 Å². The number of rotatable bonds is 6. The summed E-state index contributed by atoms with van der Waals surface area (Å²) in [5, 5.41) is 3.48. The lowest BCUT2D eigenvalue weighted by Gasteiger charge is -2.38. The fourth-order valence-electron chi connectivity index (χ4n) is 3.60. The highest BCUT2D eigenvalue weighted by atomic mass is 35.5. The van der Waals surface area contributed by atoms with E-state index in [1.165, 1.54) is 0 Å². The Bertz CT molecular complexity index is 835. The SMILES string of the molecule is CCCNC(=O)N(CC)CC(=O)N1CCn2cccc2[C@H]1c1ccccc1Cl. The average molecular weight is 403 g/mol. The van der Waals surface area contributed by atoms with Crippen molar-refractivity contribution in [3.63, 3.8) is 0 Å². The number of urea groups is 1. The molecule has 0 bridgehead atoms. The molecule has 6 nitrogen and oxygen atoms in total. The highest BCUT2D eigenvalue weighted by Gasteiger charge is 2.34. The molecule has 2 heterocycles. The third-order valence-corrected chi connectivity index (χ3v) is 5.42. The first-order valence-corrected chi connectivity index (χ1v) is 10.2. The molecule has 1 aromatic heterocycles. The molecule has 0 aliphatic carbocycles. The van der Waals surface area contributed by atoms with Gasteiger partial charge in [-0.2, -0.15) is 0 Å². The zero-order valence-electron chi connectivity index (χ0n) is 16.4. The minimum atomic E-state index is -0.262. The lowest BCUT2D eigenvalue weighted by molar-refractivity contribution is -0.134. The molecule has 28 heavy (non-hydrogen) atoms. The van der Waals surface area contributed by atoms with E-state index < -0.39 is 0 Å². The van der Waals surface area contributed by atoms with Crippen molar-refractivity contribution < 1.29 is 9.59 Å². The van der Waals surface area contributed by atoms with Crippen molar-refractivity contribution in [2.24, 2.45) is 0 Å². The summed E-state index contributed by atoms with van der Waals surface area (Å²) in [6.45, 7) is 6.30. The molecule has 0 spiro atoms. The van der Waals surface area contributed by atoms with Crippen LogP contribution in [0.3, 0.4) is 0 Å². The Morgan fingerprint density at radius 1 is 1.18 bits per heavy atom. The van der Waals surface area contributed by atoms with Crippen LogP contribution in [0.1, 0.15) is 37.6 Å². The molecule has 0 radical (unpaired) electrons. The van der Waals surface area contributed by atoms with E-state index in [9.17, 15) is 9.59 Å². The van der Waals surface area contributed by atoms with Crippen LogP contribution in [0.5, 0.6) is 0 Å². The molecule has 1 aliphatic rings. The quantitative estimate of drug-likeness (QED) is 0.803. The number of aromatic nitrogens is 1. The molecule has 1 atom stereocenters. The third kappa shape index (κ3) is 4.17. The highest BCUT2D eigenvalue weighted by Crippen LogP contribution is 2.36. The van der Waals surface area contributed by atoms with Crippen LogP contribution in [0, 0.1) is 0 Å². The largest absolute Gasteiger partial charge is 0.348 e. The Morgan fingerprint density at radius 2 is 1.96 bits per heavy atom. The monoisotopic (exact) mass is 402 g/mol. The second-order valence-electron chi connectivity index (χ2n) is 6.88. The summed E-state index contributed by atoms with van der Waals surface area (Å²) in [5.41, 5.74) is 1.93. The number of carbonyl (C=O) groups excluding carboxylic acids is 2. The Labute approximate surface area is 171 Å². The Kier molecular flexibility index (Phi) is 6.62. The van der Waals surface area contributed by atoms with E-state index in [1.807, 2.05) is 61.3 Å². The molecule has 1 aromatic carbocycles. The maximum absolute atomic E-state index is 13.2. The minimum Gasteiger partial charge on any atom is -0.348 e. The number of nitrogens with zero attached hydrogens (tertiary/aromatic N) is 3. The number of halogens is 1. The van der Waals surface area contributed by atoms with E-state index in [2.05, 4.69) is 9.88 Å². The van der Waals surface area contributed by atoms with E-state index in [1.54, 1.807) is 4.90 Å². The summed E-state index contributed by atoms with van der Waals surface area (Å²) in [6, 6.07) is 11.2. The van der Waals surface area contributed by atoms with Gasteiger partial charge in [0.05, 0.1) is 6.04 Å². The zero-order chi connectivity index (χ0) is 20.1. The van der Waals surface area contributed by atoms with Crippen molar-refractivity contribution in [2.45, 2.75) is 32.9 Å². The normalized spacial score (nSPS) is 15.8. The summed E-state index contributed by atoms with van der Waals surface area (Å²) in [5.74, 6) is -0.0779. The molecular formula is C21H27ClN4O2. The molecule has 1 N–H and O–H groups in total. The Balaban J connectivity index is 1.86. The van der Waals surface area contributed by atoms with Gasteiger partial charge in [0, 0.05) is 43.1 Å². The third-order valence-electron chi connectivity index (χ3n) is 5.08. The predicted molar refractivity (Wildman–Crippen MR) is 110 cm³/mol. The average Bonchev–Trinajstić information content (AvgIpc) is 3.18. The van der Waals surface area contributed by atoms with Crippen LogP contribution in [0.2, 0.25) is 5.02 Å². The molecule has 1 aliphatic heterocycles. The van der Waals surface area contributed by atoms with Crippen molar-refractivity contribution in [1.82, 2.24) is 19.7 Å². The number of nitrogens with one attached hydrogen (secondary N) is 1. The van der Waals surface area contributed by atoms with Crippen LogP contribution in [0.15, 0.2) is 42.6 Å². The fourth-order valence-corrected chi connectivity index (χ4v) is 3.84. The van der Waals surface area contributed by atoms with Crippen molar-refractivity contribution in [3.05, 3.63) is 58.9 Å². The van der Waals surface area contributed by atoms with Gasteiger partial charge in [-0.25, -0.2) is 4.79 Å². The van der Waals surface area contributed by atoms with Crippen molar-refractivity contribution >= 4 is 23.5 Å². The predicted octanol–water partition coefficient (Wildman–Crippen LogP) is 3.51. The van der Waals surface area contributed by atoms with Gasteiger partial charge in [0.15, 0.2) is 0 Å². The first kappa shape index (κ1) is 20.3. The lowest BCUT2D eigenvalue weighted by Crippen LogP contribution is -2.50. The molecule has 3 rings (SSSR count). The van der Waals surface area contributed by atoms with Gasteiger partial charge in [-0.3, -0.25) is 4.79 Å². The molecule has 3 amide bonds. The molecule has 0 fully saturated rings. The topological polar surface area (TPSA) is 57.6 Å². The van der Waals surface area contributed by atoms with Gasteiger partial charge in [0.2, 0.25) is 5.91 Å². The zero-order valence-corrected chi connectivity index (χ0v) is 17.2.